The van der Waals surface area contributed by atoms with E-state index < -0.39 is 28.0 Å². The van der Waals surface area contributed by atoms with Gasteiger partial charge in [-0.15, -0.1) is 0 Å². The van der Waals surface area contributed by atoms with Crippen molar-refractivity contribution in [3.05, 3.63) is 58.7 Å². The van der Waals surface area contributed by atoms with Crippen molar-refractivity contribution < 1.29 is 21.0 Å². The quantitative estimate of drug-likeness (QED) is 0.578. The highest BCUT2D eigenvalue weighted by atomic mass is 32.2. The molecule has 2 rings (SSSR count). The first-order chi connectivity index (χ1) is 11.2. The molecule has 0 saturated carbocycles. The molecular formula is C17H20O5S2. The Balaban J connectivity index is 2.03. The molecule has 0 N–H and O–H groups in total. The van der Waals surface area contributed by atoms with Gasteiger partial charge in [-0.05, 0) is 51.0 Å². The summed E-state index contributed by atoms with van der Waals surface area (Å²) in [6, 6.07) is 10.3. The number of hydrogen-bond acceptors (Lipinski definition) is 5. The summed E-state index contributed by atoms with van der Waals surface area (Å²) in [5.41, 5.74) is 3.40. The summed E-state index contributed by atoms with van der Waals surface area (Å²) in [6.07, 6.45) is 0. The summed E-state index contributed by atoms with van der Waals surface area (Å²) in [5.74, 6) is 0. The lowest BCUT2D eigenvalue weighted by Crippen LogP contribution is -2.12. The Morgan fingerprint density at radius 2 is 1.50 bits per heavy atom. The van der Waals surface area contributed by atoms with E-state index >= 15 is 0 Å². The molecule has 130 valence electrons. The van der Waals surface area contributed by atoms with Crippen LogP contribution in [0.1, 0.15) is 22.3 Å². The molecular weight excluding hydrogens is 348 g/mol. The highest BCUT2D eigenvalue weighted by molar-refractivity contribution is 7.86. The molecule has 5 nitrogen and oxygen atoms in total. The molecule has 0 aliphatic carbocycles. The van der Waals surface area contributed by atoms with E-state index in [1.165, 1.54) is 6.07 Å². The predicted octanol–water partition coefficient (Wildman–Crippen LogP) is 3.32. The normalized spacial score (nSPS) is 13.0. The first-order valence-electron chi connectivity index (χ1n) is 7.29. The third-order valence-electron chi connectivity index (χ3n) is 3.47. The zero-order chi connectivity index (χ0) is 17.9. The first-order valence-corrected chi connectivity index (χ1v) is 9.78. The van der Waals surface area contributed by atoms with E-state index in [1.54, 1.807) is 25.1 Å². The standard InChI is InChI=1S/C17H20O5S2/c1-12-5-7-16(14(3)9-12)23(18)21-11-22-24(19,20)17-8-6-13(2)10-15(17)4/h5-10H,11H2,1-4H3. The summed E-state index contributed by atoms with van der Waals surface area (Å²) < 4.78 is 46.4. The maximum absolute atomic E-state index is 12.2. The monoisotopic (exact) mass is 368 g/mol. The van der Waals surface area contributed by atoms with Gasteiger partial charge in [-0.3, -0.25) is 4.18 Å². The number of rotatable bonds is 6. The zero-order valence-corrected chi connectivity index (χ0v) is 15.7. The zero-order valence-electron chi connectivity index (χ0n) is 14.0. The van der Waals surface area contributed by atoms with Crippen molar-refractivity contribution >= 4 is 21.2 Å². The van der Waals surface area contributed by atoms with E-state index in [-0.39, 0.29) is 4.90 Å². The van der Waals surface area contributed by atoms with Gasteiger partial charge in [0.25, 0.3) is 10.1 Å². The maximum atomic E-state index is 12.2. The second-order valence-electron chi connectivity index (χ2n) is 5.58. The van der Waals surface area contributed by atoms with E-state index in [1.807, 2.05) is 32.9 Å². The third kappa shape index (κ3) is 4.51. The van der Waals surface area contributed by atoms with Crippen molar-refractivity contribution in [1.82, 2.24) is 0 Å². The largest absolute Gasteiger partial charge is 0.299 e. The SMILES string of the molecule is Cc1ccc(S(=O)OCOS(=O)(=O)c2ccc(C)cc2C)c(C)c1. The Hall–Kier alpha value is -1.54. The van der Waals surface area contributed by atoms with Crippen molar-refractivity contribution in [3.63, 3.8) is 0 Å². The van der Waals surface area contributed by atoms with Gasteiger partial charge in [0.1, 0.15) is 0 Å². The first kappa shape index (κ1) is 18.8. The Bertz CT molecular complexity index is 873. The molecule has 0 spiro atoms. The second-order valence-corrected chi connectivity index (χ2v) is 8.31. The molecule has 0 amide bonds. The van der Waals surface area contributed by atoms with Gasteiger partial charge < -0.3 is 0 Å². The van der Waals surface area contributed by atoms with Crippen molar-refractivity contribution in [3.8, 4) is 0 Å². The van der Waals surface area contributed by atoms with Crippen molar-refractivity contribution in [1.29, 1.82) is 0 Å². The minimum absolute atomic E-state index is 0.0778. The predicted molar refractivity (Wildman–Crippen MR) is 92.5 cm³/mol. The average Bonchev–Trinajstić information content (AvgIpc) is 2.46. The van der Waals surface area contributed by atoms with Crippen LogP contribution in [0.3, 0.4) is 0 Å². The summed E-state index contributed by atoms with van der Waals surface area (Å²) in [4.78, 5) is 0.571. The van der Waals surface area contributed by atoms with E-state index in [0.717, 1.165) is 16.7 Å². The molecule has 7 heteroatoms. The van der Waals surface area contributed by atoms with E-state index in [4.69, 9.17) is 8.37 Å². The minimum Gasteiger partial charge on any atom is -0.257 e. The summed E-state index contributed by atoms with van der Waals surface area (Å²) in [6.45, 7) is 6.70. The highest BCUT2D eigenvalue weighted by Gasteiger charge is 2.19. The topological polar surface area (TPSA) is 69.7 Å². The molecule has 0 aliphatic heterocycles. The number of aryl methyl sites for hydroxylation is 4. The van der Waals surface area contributed by atoms with Gasteiger partial charge in [0.15, 0.2) is 17.9 Å². The van der Waals surface area contributed by atoms with Gasteiger partial charge in [0, 0.05) is 0 Å². The Morgan fingerprint density at radius 1 is 0.917 bits per heavy atom. The van der Waals surface area contributed by atoms with Gasteiger partial charge in [0.05, 0.1) is 9.79 Å². The molecule has 0 fully saturated rings. The molecule has 0 heterocycles. The smallest absolute Gasteiger partial charge is 0.257 e. The van der Waals surface area contributed by atoms with Crippen molar-refractivity contribution in [2.75, 3.05) is 6.79 Å². The van der Waals surface area contributed by atoms with Crippen LogP contribution in [0.5, 0.6) is 0 Å². The fraction of sp³-hybridized carbons (Fsp3) is 0.294. The molecule has 0 aliphatic rings. The lowest BCUT2D eigenvalue weighted by Gasteiger charge is -2.10. The van der Waals surface area contributed by atoms with E-state index in [9.17, 15) is 12.6 Å². The lowest BCUT2D eigenvalue weighted by molar-refractivity contribution is 0.140. The summed E-state index contributed by atoms with van der Waals surface area (Å²) >= 11 is -1.79. The maximum Gasteiger partial charge on any atom is 0.299 e. The van der Waals surface area contributed by atoms with Crippen LogP contribution < -0.4 is 0 Å². The molecule has 0 bridgehead atoms. The van der Waals surface area contributed by atoms with Crippen LogP contribution >= 0.6 is 0 Å². The molecule has 2 aromatic rings. The lowest BCUT2D eigenvalue weighted by atomic mass is 10.2. The Labute approximate surface area is 145 Å². The van der Waals surface area contributed by atoms with Gasteiger partial charge in [-0.1, -0.05) is 35.4 Å². The van der Waals surface area contributed by atoms with E-state index in [2.05, 4.69) is 0 Å². The fourth-order valence-electron chi connectivity index (χ4n) is 2.32. The Kier molecular flexibility index (Phi) is 5.92. The van der Waals surface area contributed by atoms with Crippen LogP contribution in [0.4, 0.5) is 0 Å². The molecule has 0 radical (unpaired) electrons. The molecule has 0 aromatic heterocycles. The van der Waals surface area contributed by atoms with Crippen LogP contribution in [0, 0.1) is 27.7 Å². The highest BCUT2D eigenvalue weighted by Crippen LogP contribution is 2.20. The molecule has 0 saturated heterocycles. The minimum atomic E-state index is -3.96. The van der Waals surface area contributed by atoms with Crippen LogP contribution in [0.25, 0.3) is 0 Å². The molecule has 24 heavy (non-hydrogen) atoms. The van der Waals surface area contributed by atoms with E-state index in [0.29, 0.717) is 10.5 Å². The third-order valence-corrected chi connectivity index (χ3v) is 6.00. The fourth-order valence-corrected chi connectivity index (χ4v) is 4.13. The van der Waals surface area contributed by atoms with Gasteiger partial charge in [-0.2, -0.15) is 8.42 Å². The average molecular weight is 368 g/mol. The van der Waals surface area contributed by atoms with Crippen LogP contribution in [-0.2, 0) is 29.6 Å². The van der Waals surface area contributed by atoms with Crippen molar-refractivity contribution in [2.45, 2.75) is 37.5 Å². The van der Waals surface area contributed by atoms with Gasteiger partial charge >= 0.3 is 0 Å². The number of hydrogen-bond donors (Lipinski definition) is 0. The van der Waals surface area contributed by atoms with Gasteiger partial charge in [-0.25, -0.2) is 8.39 Å². The number of benzene rings is 2. The van der Waals surface area contributed by atoms with Gasteiger partial charge in [0.2, 0.25) is 0 Å². The Morgan fingerprint density at radius 3 is 2.08 bits per heavy atom. The molecule has 1 atom stereocenters. The summed E-state index contributed by atoms with van der Waals surface area (Å²) in [5, 5.41) is 0. The molecule has 2 aromatic carbocycles. The van der Waals surface area contributed by atoms with Crippen LogP contribution in [0.2, 0.25) is 0 Å². The van der Waals surface area contributed by atoms with Crippen LogP contribution in [0.15, 0.2) is 46.2 Å². The molecule has 1 unspecified atom stereocenters. The second kappa shape index (κ2) is 7.57. The van der Waals surface area contributed by atoms with Crippen molar-refractivity contribution in [2.24, 2.45) is 0 Å². The summed E-state index contributed by atoms with van der Waals surface area (Å²) in [7, 11) is -3.96. The van der Waals surface area contributed by atoms with Crippen LogP contribution in [-0.4, -0.2) is 19.4 Å².